The van der Waals surface area contributed by atoms with Crippen LogP contribution in [0.2, 0.25) is 0 Å². The predicted octanol–water partition coefficient (Wildman–Crippen LogP) is 2.42. The third kappa shape index (κ3) is 2.22. The molecule has 0 aromatic heterocycles. The molecule has 2 saturated carbocycles. The highest BCUT2D eigenvalue weighted by atomic mass is 14.9. The van der Waals surface area contributed by atoms with Crippen LogP contribution in [0.25, 0.3) is 0 Å². The predicted molar refractivity (Wildman–Crippen MR) is 52.1 cm³/mol. The van der Waals surface area contributed by atoms with Gasteiger partial charge in [0.1, 0.15) is 0 Å². The van der Waals surface area contributed by atoms with Crippen molar-refractivity contribution in [2.45, 2.75) is 45.6 Å². The van der Waals surface area contributed by atoms with E-state index in [-0.39, 0.29) is 0 Å². The molecule has 2 unspecified atom stereocenters. The maximum atomic E-state index is 3.62. The van der Waals surface area contributed by atoms with Crippen LogP contribution in [-0.4, -0.2) is 12.6 Å². The Morgan fingerprint density at radius 2 is 1.83 bits per heavy atom. The van der Waals surface area contributed by atoms with Gasteiger partial charge in [0, 0.05) is 6.04 Å². The first-order valence-electron chi connectivity index (χ1n) is 5.50. The molecule has 1 nitrogen and oxygen atoms in total. The minimum atomic E-state index is 0.887. The maximum Gasteiger partial charge on any atom is 0.00683 e. The molecule has 0 heterocycles. The first-order valence-corrected chi connectivity index (χ1v) is 5.50. The maximum absolute atomic E-state index is 3.62. The van der Waals surface area contributed by atoms with E-state index in [9.17, 15) is 0 Å². The molecule has 2 atom stereocenters. The van der Waals surface area contributed by atoms with Gasteiger partial charge < -0.3 is 5.32 Å². The molecule has 2 aliphatic rings. The molecule has 0 aromatic carbocycles. The van der Waals surface area contributed by atoms with Crippen molar-refractivity contribution in [3.05, 3.63) is 0 Å². The summed E-state index contributed by atoms with van der Waals surface area (Å²) in [5.41, 5.74) is 0. The van der Waals surface area contributed by atoms with Gasteiger partial charge in [0.05, 0.1) is 0 Å². The number of nitrogens with one attached hydrogen (secondary N) is 1. The van der Waals surface area contributed by atoms with Crippen molar-refractivity contribution < 1.29 is 0 Å². The Hall–Kier alpha value is -0.0400. The molecule has 1 N–H and O–H groups in total. The minimum Gasteiger partial charge on any atom is -0.314 e. The van der Waals surface area contributed by atoms with Gasteiger partial charge >= 0.3 is 0 Å². The molecule has 0 spiro atoms. The summed E-state index contributed by atoms with van der Waals surface area (Å²) in [5, 5.41) is 3.62. The molecule has 12 heavy (non-hydrogen) atoms. The summed E-state index contributed by atoms with van der Waals surface area (Å²) < 4.78 is 0. The third-order valence-electron chi connectivity index (χ3n) is 3.57. The highest BCUT2D eigenvalue weighted by Crippen LogP contribution is 2.40. The van der Waals surface area contributed by atoms with Gasteiger partial charge in [-0.15, -0.1) is 0 Å². The fourth-order valence-electron chi connectivity index (χ4n) is 1.91. The molecular weight excluding hydrogens is 146 g/mol. The van der Waals surface area contributed by atoms with Crippen LogP contribution < -0.4 is 5.32 Å². The van der Waals surface area contributed by atoms with E-state index in [0.717, 1.165) is 23.8 Å². The van der Waals surface area contributed by atoms with Crippen molar-refractivity contribution >= 4 is 0 Å². The lowest BCUT2D eigenvalue weighted by molar-refractivity contribution is 0.330. The van der Waals surface area contributed by atoms with Crippen LogP contribution in [0.5, 0.6) is 0 Å². The van der Waals surface area contributed by atoms with E-state index >= 15 is 0 Å². The van der Waals surface area contributed by atoms with E-state index in [4.69, 9.17) is 0 Å². The lowest BCUT2D eigenvalue weighted by Gasteiger charge is -2.19. The molecule has 1 heteroatoms. The Bertz CT molecular complexity index is 147. The first kappa shape index (κ1) is 8.55. The van der Waals surface area contributed by atoms with Crippen molar-refractivity contribution in [2.24, 2.45) is 17.8 Å². The van der Waals surface area contributed by atoms with E-state index in [2.05, 4.69) is 19.2 Å². The van der Waals surface area contributed by atoms with Crippen LogP contribution in [0.4, 0.5) is 0 Å². The average Bonchev–Trinajstić information content (AvgIpc) is 2.85. The summed E-state index contributed by atoms with van der Waals surface area (Å²) in [6, 6.07) is 0.888. The van der Waals surface area contributed by atoms with Crippen molar-refractivity contribution in [3.8, 4) is 0 Å². The van der Waals surface area contributed by atoms with Crippen LogP contribution in [0.3, 0.4) is 0 Å². The quantitative estimate of drug-likeness (QED) is 0.663. The summed E-state index contributed by atoms with van der Waals surface area (Å²) in [6.07, 6.45) is 5.83. The van der Waals surface area contributed by atoms with Gasteiger partial charge in [0.15, 0.2) is 0 Å². The Labute approximate surface area is 75.9 Å². The number of hydrogen-bond acceptors (Lipinski definition) is 1. The molecule has 0 saturated heterocycles. The fraction of sp³-hybridized carbons (Fsp3) is 1.00. The van der Waals surface area contributed by atoms with E-state index in [1.165, 1.54) is 32.2 Å². The molecule has 2 fully saturated rings. The molecule has 0 amide bonds. The lowest BCUT2D eigenvalue weighted by Crippen LogP contribution is -2.27. The molecule has 0 bridgehead atoms. The van der Waals surface area contributed by atoms with E-state index in [0.29, 0.717) is 0 Å². The van der Waals surface area contributed by atoms with Gasteiger partial charge in [-0.2, -0.15) is 0 Å². The topological polar surface area (TPSA) is 12.0 Å². The standard InChI is InChI=1S/C11H21N/c1-8(7-12-11-5-6-11)9(2)10-3-4-10/h8-12H,3-7H2,1-2H3. The van der Waals surface area contributed by atoms with Crippen LogP contribution in [0.1, 0.15) is 39.5 Å². The third-order valence-corrected chi connectivity index (χ3v) is 3.57. The zero-order valence-electron chi connectivity index (χ0n) is 8.34. The molecule has 0 aliphatic heterocycles. The monoisotopic (exact) mass is 167 g/mol. The molecule has 0 radical (unpaired) electrons. The van der Waals surface area contributed by atoms with Crippen LogP contribution in [0, 0.1) is 17.8 Å². The first-order chi connectivity index (χ1) is 5.77. The van der Waals surface area contributed by atoms with E-state index in [1.54, 1.807) is 0 Å². The number of hydrogen-bond donors (Lipinski definition) is 1. The summed E-state index contributed by atoms with van der Waals surface area (Å²) in [5.74, 6) is 2.91. The van der Waals surface area contributed by atoms with E-state index < -0.39 is 0 Å². The smallest absolute Gasteiger partial charge is 0.00683 e. The second-order valence-electron chi connectivity index (χ2n) is 4.86. The van der Waals surface area contributed by atoms with Gasteiger partial charge in [-0.3, -0.25) is 0 Å². The SMILES string of the molecule is CC(CNC1CC1)C(C)C1CC1. The average molecular weight is 167 g/mol. The molecule has 2 aliphatic carbocycles. The van der Waals surface area contributed by atoms with Gasteiger partial charge in [0.25, 0.3) is 0 Å². The summed E-state index contributed by atoms with van der Waals surface area (Å²) >= 11 is 0. The summed E-state index contributed by atoms with van der Waals surface area (Å²) in [4.78, 5) is 0. The Morgan fingerprint density at radius 1 is 1.17 bits per heavy atom. The Balaban J connectivity index is 1.63. The molecule has 70 valence electrons. The highest BCUT2D eigenvalue weighted by molar-refractivity contribution is 4.85. The second-order valence-corrected chi connectivity index (χ2v) is 4.86. The zero-order valence-corrected chi connectivity index (χ0v) is 8.34. The normalized spacial score (nSPS) is 28.5. The van der Waals surface area contributed by atoms with Gasteiger partial charge in [-0.25, -0.2) is 0 Å². The summed E-state index contributed by atoms with van der Waals surface area (Å²) in [7, 11) is 0. The zero-order chi connectivity index (χ0) is 8.55. The summed E-state index contributed by atoms with van der Waals surface area (Å²) in [6.45, 7) is 6.08. The fourth-order valence-corrected chi connectivity index (χ4v) is 1.91. The van der Waals surface area contributed by atoms with Crippen molar-refractivity contribution in [1.29, 1.82) is 0 Å². The van der Waals surface area contributed by atoms with E-state index in [1.807, 2.05) is 0 Å². The van der Waals surface area contributed by atoms with Crippen LogP contribution in [-0.2, 0) is 0 Å². The second kappa shape index (κ2) is 3.37. The molecule has 0 aromatic rings. The molecule has 2 rings (SSSR count). The number of rotatable bonds is 5. The van der Waals surface area contributed by atoms with Crippen molar-refractivity contribution in [1.82, 2.24) is 5.32 Å². The van der Waals surface area contributed by atoms with Crippen molar-refractivity contribution in [2.75, 3.05) is 6.54 Å². The van der Waals surface area contributed by atoms with Crippen LogP contribution >= 0.6 is 0 Å². The largest absolute Gasteiger partial charge is 0.314 e. The Kier molecular flexibility index (Phi) is 2.40. The van der Waals surface area contributed by atoms with Crippen LogP contribution in [0.15, 0.2) is 0 Å². The molecular formula is C11H21N. The minimum absolute atomic E-state index is 0.887. The van der Waals surface area contributed by atoms with Gasteiger partial charge in [-0.05, 0) is 50.0 Å². The Morgan fingerprint density at radius 3 is 2.33 bits per heavy atom. The van der Waals surface area contributed by atoms with Gasteiger partial charge in [-0.1, -0.05) is 13.8 Å². The highest BCUT2D eigenvalue weighted by Gasteiger charge is 2.31. The van der Waals surface area contributed by atoms with Crippen molar-refractivity contribution in [3.63, 3.8) is 0 Å². The van der Waals surface area contributed by atoms with Gasteiger partial charge in [0.2, 0.25) is 0 Å². The lowest BCUT2D eigenvalue weighted by atomic mass is 9.91.